The van der Waals surface area contributed by atoms with E-state index in [4.69, 9.17) is 11.6 Å². The highest BCUT2D eigenvalue weighted by Gasteiger charge is 2.43. The Balaban J connectivity index is 1.73. The number of hydrogen-bond acceptors (Lipinski definition) is 5. The molecule has 0 spiro atoms. The maximum Gasteiger partial charge on any atom is 0.269 e. The molecule has 0 saturated carbocycles. The molecule has 5 rings (SSSR count). The molecule has 0 bridgehead atoms. The molecule has 3 aromatic carbocycles. The minimum atomic E-state index is -0.825. The molecule has 7 nitrogen and oxygen atoms in total. The van der Waals surface area contributed by atoms with Crippen molar-refractivity contribution in [2.24, 2.45) is 5.41 Å². The number of halogens is 1. The lowest BCUT2D eigenvalue weighted by atomic mass is 9.73. The maximum atomic E-state index is 14.1. The van der Waals surface area contributed by atoms with Gasteiger partial charge < -0.3 is 5.32 Å². The lowest BCUT2D eigenvalue weighted by molar-refractivity contribution is -0.384. The Kier molecular flexibility index (Phi) is 6.33. The van der Waals surface area contributed by atoms with E-state index in [1.165, 1.54) is 12.1 Å². The number of carbonyl (C=O) groups excluding carboxylic acids is 2. The molecule has 188 valence electrons. The number of rotatable bonds is 4. The van der Waals surface area contributed by atoms with Crippen molar-refractivity contribution in [1.82, 2.24) is 0 Å². The van der Waals surface area contributed by atoms with Crippen LogP contribution in [0.4, 0.5) is 17.1 Å². The minimum absolute atomic E-state index is 0.0687. The van der Waals surface area contributed by atoms with Gasteiger partial charge in [0.25, 0.3) is 5.69 Å². The van der Waals surface area contributed by atoms with Gasteiger partial charge in [-0.2, -0.15) is 0 Å². The summed E-state index contributed by atoms with van der Waals surface area (Å²) in [6, 6.07) is 19.9. The molecule has 1 N–H and O–H groups in total. The molecule has 2 aliphatic rings. The zero-order chi connectivity index (χ0) is 26.3. The highest BCUT2D eigenvalue weighted by Crippen LogP contribution is 2.48. The predicted molar refractivity (Wildman–Crippen MR) is 144 cm³/mol. The van der Waals surface area contributed by atoms with Crippen LogP contribution in [-0.4, -0.2) is 16.6 Å². The van der Waals surface area contributed by atoms with Gasteiger partial charge in [-0.1, -0.05) is 61.8 Å². The Hall–Kier alpha value is -3.97. The van der Waals surface area contributed by atoms with Crippen LogP contribution in [0, 0.1) is 15.5 Å². The number of amides is 1. The Morgan fingerprint density at radius 2 is 1.81 bits per heavy atom. The third kappa shape index (κ3) is 4.87. The van der Waals surface area contributed by atoms with Gasteiger partial charge in [-0.05, 0) is 47.2 Å². The molecule has 0 radical (unpaired) electrons. The standard InChI is InChI=1S/C29H26ClN3O4/c1-29(2)16-23-27(25(34)17-29)28(19-6-5-7-21(15-19)33(36)37)32(24-9-4-3-8-22(24)31-23)26(35)14-18-10-12-20(30)13-11-18/h3-13,15,28,31H,14,16-17H2,1-2H3. The molecule has 1 aliphatic heterocycles. The molecule has 1 heterocycles. The highest BCUT2D eigenvalue weighted by atomic mass is 35.5. The summed E-state index contributed by atoms with van der Waals surface area (Å²) in [6.07, 6.45) is 0.987. The van der Waals surface area contributed by atoms with E-state index in [1.54, 1.807) is 41.3 Å². The van der Waals surface area contributed by atoms with E-state index >= 15 is 0 Å². The summed E-state index contributed by atoms with van der Waals surface area (Å²) in [5, 5.41) is 15.7. The number of Topliss-reactive ketones (excluding diaryl/α,β-unsaturated/α-hetero) is 1. The average molecular weight is 516 g/mol. The number of para-hydroxylation sites is 2. The fraction of sp³-hybridized carbons (Fsp3) is 0.241. The van der Waals surface area contributed by atoms with E-state index in [2.05, 4.69) is 5.32 Å². The SMILES string of the molecule is CC1(C)CC(=O)C2=C(C1)Nc1ccccc1N(C(=O)Cc1ccc(Cl)cc1)C2c1cccc([N+](=O)[O-])c1. The Morgan fingerprint density at radius 3 is 2.54 bits per heavy atom. The molecule has 0 aromatic heterocycles. The molecule has 1 atom stereocenters. The zero-order valence-electron chi connectivity index (χ0n) is 20.5. The monoisotopic (exact) mass is 515 g/mol. The van der Waals surface area contributed by atoms with Crippen LogP contribution < -0.4 is 10.2 Å². The van der Waals surface area contributed by atoms with Gasteiger partial charge in [0.1, 0.15) is 0 Å². The summed E-state index contributed by atoms with van der Waals surface area (Å²) in [6.45, 7) is 4.08. The van der Waals surface area contributed by atoms with Gasteiger partial charge >= 0.3 is 0 Å². The lowest BCUT2D eigenvalue weighted by Crippen LogP contribution is -2.40. The van der Waals surface area contributed by atoms with Crippen molar-refractivity contribution in [1.29, 1.82) is 0 Å². The van der Waals surface area contributed by atoms with E-state index in [0.29, 0.717) is 40.4 Å². The van der Waals surface area contributed by atoms with Crippen molar-refractivity contribution in [3.05, 3.63) is 110 Å². The van der Waals surface area contributed by atoms with Crippen LogP contribution in [0.25, 0.3) is 0 Å². The minimum Gasteiger partial charge on any atom is -0.357 e. The van der Waals surface area contributed by atoms with E-state index in [1.807, 2.05) is 38.1 Å². The summed E-state index contributed by atoms with van der Waals surface area (Å²) < 4.78 is 0. The van der Waals surface area contributed by atoms with Gasteiger partial charge in [0, 0.05) is 34.8 Å². The van der Waals surface area contributed by atoms with Gasteiger partial charge in [-0.25, -0.2) is 0 Å². The Morgan fingerprint density at radius 1 is 1.08 bits per heavy atom. The van der Waals surface area contributed by atoms with Crippen LogP contribution in [0.1, 0.15) is 43.9 Å². The fourth-order valence-corrected chi connectivity index (χ4v) is 5.37. The van der Waals surface area contributed by atoms with Crippen molar-refractivity contribution in [2.75, 3.05) is 10.2 Å². The molecule has 3 aromatic rings. The molecule has 0 saturated heterocycles. The van der Waals surface area contributed by atoms with Crippen molar-refractivity contribution in [3.63, 3.8) is 0 Å². The molecule has 1 unspecified atom stereocenters. The smallest absolute Gasteiger partial charge is 0.269 e. The van der Waals surface area contributed by atoms with Crippen molar-refractivity contribution >= 4 is 40.4 Å². The number of hydrogen-bond donors (Lipinski definition) is 1. The summed E-state index contributed by atoms with van der Waals surface area (Å²) in [7, 11) is 0. The topological polar surface area (TPSA) is 92.6 Å². The molecular formula is C29H26ClN3O4. The number of anilines is 2. The lowest BCUT2D eigenvalue weighted by Gasteiger charge is -2.37. The van der Waals surface area contributed by atoms with Crippen LogP contribution in [0.3, 0.4) is 0 Å². The second kappa shape index (κ2) is 9.48. The Labute approximate surface area is 219 Å². The number of nitro groups is 1. The van der Waals surface area contributed by atoms with E-state index in [9.17, 15) is 19.7 Å². The number of nitrogens with one attached hydrogen (secondary N) is 1. The van der Waals surface area contributed by atoms with Gasteiger partial charge in [0.15, 0.2) is 5.78 Å². The van der Waals surface area contributed by atoms with Crippen LogP contribution in [0.2, 0.25) is 5.02 Å². The molecule has 0 fully saturated rings. The quantitative estimate of drug-likeness (QED) is 0.311. The highest BCUT2D eigenvalue weighted by molar-refractivity contribution is 6.30. The first-order valence-corrected chi connectivity index (χ1v) is 12.4. The summed E-state index contributed by atoms with van der Waals surface area (Å²) >= 11 is 6.04. The normalized spacial score (nSPS) is 18.4. The first-order chi connectivity index (χ1) is 17.6. The first-order valence-electron chi connectivity index (χ1n) is 12.1. The van der Waals surface area contributed by atoms with Crippen molar-refractivity contribution in [3.8, 4) is 0 Å². The van der Waals surface area contributed by atoms with E-state index < -0.39 is 11.0 Å². The van der Waals surface area contributed by atoms with Crippen LogP contribution >= 0.6 is 11.6 Å². The van der Waals surface area contributed by atoms with Crippen molar-refractivity contribution in [2.45, 2.75) is 39.2 Å². The van der Waals surface area contributed by atoms with Gasteiger partial charge in [-0.3, -0.25) is 24.6 Å². The number of benzene rings is 3. The molecular weight excluding hydrogens is 490 g/mol. The second-order valence-electron chi connectivity index (χ2n) is 10.3. The van der Waals surface area contributed by atoms with Crippen molar-refractivity contribution < 1.29 is 14.5 Å². The van der Waals surface area contributed by atoms with E-state index in [0.717, 1.165) is 11.3 Å². The summed E-state index contributed by atoms with van der Waals surface area (Å²) in [5.74, 6) is -0.313. The molecule has 1 amide bonds. The predicted octanol–water partition coefficient (Wildman–Crippen LogP) is 6.63. The third-order valence-electron chi connectivity index (χ3n) is 6.83. The third-order valence-corrected chi connectivity index (χ3v) is 7.09. The molecule has 8 heteroatoms. The summed E-state index contributed by atoms with van der Waals surface area (Å²) in [4.78, 5) is 40.6. The molecule has 1 aliphatic carbocycles. The van der Waals surface area contributed by atoms with Crippen LogP contribution in [0.5, 0.6) is 0 Å². The van der Waals surface area contributed by atoms with Gasteiger partial charge in [-0.15, -0.1) is 0 Å². The van der Waals surface area contributed by atoms with Gasteiger partial charge in [0.05, 0.1) is 28.8 Å². The Bertz CT molecular complexity index is 1450. The average Bonchev–Trinajstić information content (AvgIpc) is 2.99. The van der Waals surface area contributed by atoms with Crippen LogP contribution in [-0.2, 0) is 16.0 Å². The summed E-state index contributed by atoms with van der Waals surface area (Å²) in [5.41, 5.74) is 3.44. The number of nitro benzene ring substituents is 1. The number of non-ortho nitro benzene ring substituents is 1. The van der Waals surface area contributed by atoms with Gasteiger partial charge in [0.2, 0.25) is 5.91 Å². The number of carbonyl (C=O) groups is 2. The maximum absolute atomic E-state index is 14.1. The van der Waals surface area contributed by atoms with E-state index in [-0.39, 0.29) is 29.2 Å². The second-order valence-corrected chi connectivity index (χ2v) is 10.7. The number of fused-ring (bicyclic) bond motifs is 1. The first kappa shape index (κ1) is 24.7. The van der Waals surface area contributed by atoms with Crippen LogP contribution in [0.15, 0.2) is 84.1 Å². The zero-order valence-corrected chi connectivity index (χ0v) is 21.3. The number of nitrogens with zero attached hydrogens (tertiary/aromatic N) is 2. The molecule has 37 heavy (non-hydrogen) atoms. The number of ketones is 1. The largest absolute Gasteiger partial charge is 0.357 e. The fourth-order valence-electron chi connectivity index (χ4n) is 5.25. The number of allylic oxidation sites excluding steroid dienone is 1.